The standard InChI is InChI=1S/C16H9ClF6N2O3/c17-11-5-10(16(21,22)23)6-24-13(11)25-12(26)7-28-14(27)8-2-1-3-9(4-8)15(18,19)20/h1-6H,7H2,(H,24,25,26). The van der Waals surface area contributed by atoms with Gasteiger partial charge in [0.1, 0.15) is 0 Å². The van der Waals surface area contributed by atoms with Crippen molar-refractivity contribution in [3.05, 3.63) is 58.2 Å². The number of aromatic nitrogens is 1. The molecule has 0 bridgehead atoms. The van der Waals surface area contributed by atoms with Gasteiger partial charge in [-0.3, -0.25) is 4.79 Å². The second-order valence-electron chi connectivity index (χ2n) is 5.26. The van der Waals surface area contributed by atoms with Crippen molar-refractivity contribution < 1.29 is 40.7 Å². The van der Waals surface area contributed by atoms with Crippen molar-refractivity contribution in [1.29, 1.82) is 0 Å². The predicted molar refractivity (Wildman–Crippen MR) is 84.6 cm³/mol. The largest absolute Gasteiger partial charge is 0.452 e. The molecular weight excluding hydrogens is 418 g/mol. The number of hydrogen-bond acceptors (Lipinski definition) is 4. The van der Waals surface area contributed by atoms with Crippen LogP contribution in [0.1, 0.15) is 21.5 Å². The van der Waals surface area contributed by atoms with Crippen LogP contribution in [0.15, 0.2) is 36.5 Å². The fourth-order valence-corrected chi connectivity index (χ4v) is 2.10. The van der Waals surface area contributed by atoms with Gasteiger partial charge in [0, 0.05) is 6.20 Å². The minimum Gasteiger partial charge on any atom is -0.452 e. The Morgan fingerprint density at radius 2 is 1.68 bits per heavy atom. The average Bonchev–Trinajstić information content (AvgIpc) is 2.60. The molecular formula is C16H9ClF6N2O3. The van der Waals surface area contributed by atoms with Crippen LogP contribution in [-0.2, 0) is 21.9 Å². The SMILES string of the molecule is O=C(COC(=O)c1cccc(C(F)(F)F)c1)Nc1ncc(C(F)(F)F)cc1Cl. The molecule has 0 aliphatic heterocycles. The lowest BCUT2D eigenvalue weighted by Gasteiger charge is -2.11. The summed E-state index contributed by atoms with van der Waals surface area (Å²) < 4.78 is 80.0. The monoisotopic (exact) mass is 426 g/mol. The summed E-state index contributed by atoms with van der Waals surface area (Å²) in [5.74, 6) is -2.61. The first-order chi connectivity index (χ1) is 12.9. The Morgan fingerprint density at radius 3 is 2.25 bits per heavy atom. The topological polar surface area (TPSA) is 68.3 Å². The third kappa shape index (κ3) is 5.59. The Bertz CT molecular complexity index is 899. The average molecular weight is 427 g/mol. The number of esters is 1. The van der Waals surface area contributed by atoms with E-state index in [-0.39, 0.29) is 0 Å². The summed E-state index contributed by atoms with van der Waals surface area (Å²) in [5.41, 5.74) is -2.65. The lowest BCUT2D eigenvalue weighted by Crippen LogP contribution is -2.22. The van der Waals surface area contributed by atoms with E-state index in [4.69, 9.17) is 11.6 Å². The summed E-state index contributed by atoms with van der Waals surface area (Å²) >= 11 is 5.61. The molecule has 150 valence electrons. The van der Waals surface area contributed by atoms with Crippen LogP contribution in [0, 0.1) is 0 Å². The molecule has 0 aliphatic rings. The van der Waals surface area contributed by atoms with E-state index in [1.165, 1.54) is 0 Å². The molecule has 0 unspecified atom stereocenters. The van der Waals surface area contributed by atoms with Gasteiger partial charge >= 0.3 is 18.3 Å². The number of carbonyl (C=O) groups excluding carboxylic acids is 2. The van der Waals surface area contributed by atoms with Crippen LogP contribution in [0.5, 0.6) is 0 Å². The molecule has 12 heteroatoms. The minimum atomic E-state index is -4.68. The van der Waals surface area contributed by atoms with Crippen molar-refractivity contribution in [2.24, 2.45) is 0 Å². The number of anilines is 1. The highest BCUT2D eigenvalue weighted by molar-refractivity contribution is 6.33. The molecule has 1 N–H and O–H groups in total. The maximum atomic E-state index is 12.6. The van der Waals surface area contributed by atoms with Gasteiger partial charge in [-0.2, -0.15) is 26.3 Å². The minimum absolute atomic E-state index is 0.408. The van der Waals surface area contributed by atoms with Crippen molar-refractivity contribution in [3.8, 4) is 0 Å². The number of amides is 1. The zero-order valence-electron chi connectivity index (χ0n) is 13.5. The van der Waals surface area contributed by atoms with Gasteiger partial charge in [0.2, 0.25) is 0 Å². The summed E-state index contributed by atoms with van der Waals surface area (Å²) in [7, 11) is 0. The van der Waals surface area contributed by atoms with E-state index in [2.05, 4.69) is 9.72 Å². The van der Waals surface area contributed by atoms with Crippen molar-refractivity contribution in [2.45, 2.75) is 12.4 Å². The third-order valence-corrected chi connectivity index (χ3v) is 3.47. The molecule has 2 rings (SSSR count). The summed E-state index contributed by atoms with van der Waals surface area (Å²) in [6, 6.07) is 3.89. The molecule has 0 saturated carbocycles. The molecule has 1 amide bonds. The molecule has 5 nitrogen and oxygen atoms in total. The number of nitrogens with zero attached hydrogens (tertiary/aromatic N) is 1. The van der Waals surface area contributed by atoms with Crippen LogP contribution >= 0.6 is 11.6 Å². The Balaban J connectivity index is 1.98. The summed E-state index contributed by atoms with van der Waals surface area (Å²) in [6.45, 7) is -0.923. The quantitative estimate of drug-likeness (QED) is 0.574. The Hall–Kier alpha value is -2.82. The van der Waals surface area contributed by atoms with E-state index in [1.807, 2.05) is 5.32 Å². The lowest BCUT2D eigenvalue weighted by molar-refractivity contribution is -0.138. The van der Waals surface area contributed by atoms with Crippen LogP contribution in [-0.4, -0.2) is 23.5 Å². The second kappa shape index (κ2) is 8.05. The number of ether oxygens (including phenoxy) is 1. The molecule has 0 atom stereocenters. The highest BCUT2D eigenvalue weighted by atomic mass is 35.5. The predicted octanol–water partition coefficient (Wildman–Crippen LogP) is 4.57. The van der Waals surface area contributed by atoms with Crippen molar-refractivity contribution >= 4 is 29.3 Å². The van der Waals surface area contributed by atoms with E-state index in [9.17, 15) is 35.9 Å². The Morgan fingerprint density at radius 1 is 1.04 bits per heavy atom. The number of halogens is 7. The number of nitrogens with one attached hydrogen (secondary N) is 1. The molecule has 0 fully saturated rings. The van der Waals surface area contributed by atoms with Gasteiger partial charge in [0.15, 0.2) is 12.4 Å². The first-order valence-electron chi connectivity index (χ1n) is 7.25. The number of hydrogen-bond donors (Lipinski definition) is 1. The van der Waals surface area contributed by atoms with Gasteiger partial charge in [-0.05, 0) is 24.3 Å². The first kappa shape index (κ1) is 21.5. The van der Waals surface area contributed by atoms with Crippen molar-refractivity contribution in [3.63, 3.8) is 0 Å². The third-order valence-electron chi connectivity index (χ3n) is 3.19. The fourth-order valence-electron chi connectivity index (χ4n) is 1.89. The molecule has 1 heterocycles. The van der Waals surface area contributed by atoms with Crippen LogP contribution in [0.25, 0.3) is 0 Å². The van der Waals surface area contributed by atoms with Crippen molar-refractivity contribution in [1.82, 2.24) is 4.98 Å². The van der Waals surface area contributed by atoms with E-state index in [0.717, 1.165) is 18.2 Å². The first-order valence-corrected chi connectivity index (χ1v) is 7.62. The molecule has 0 spiro atoms. The normalized spacial score (nSPS) is 11.8. The second-order valence-corrected chi connectivity index (χ2v) is 5.66. The van der Waals surface area contributed by atoms with E-state index in [0.29, 0.717) is 18.3 Å². The summed E-state index contributed by atoms with van der Waals surface area (Å²) in [4.78, 5) is 26.8. The van der Waals surface area contributed by atoms with Crippen LogP contribution in [0.2, 0.25) is 5.02 Å². The molecule has 1 aromatic carbocycles. The molecule has 0 saturated heterocycles. The maximum Gasteiger partial charge on any atom is 0.417 e. The lowest BCUT2D eigenvalue weighted by atomic mass is 10.1. The fraction of sp³-hybridized carbons (Fsp3) is 0.188. The number of alkyl halides is 6. The van der Waals surface area contributed by atoms with Gasteiger partial charge in [-0.25, -0.2) is 9.78 Å². The van der Waals surface area contributed by atoms with E-state index >= 15 is 0 Å². The highest BCUT2D eigenvalue weighted by Gasteiger charge is 2.32. The molecule has 28 heavy (non-hydrogen) atoms. The number of benzene rings is 1. The number of rotatable bonds is 4. The van der Waals surface area contributed by atoms with Gasteiger partial charge < -0.3 is 10.1 Å². The Labute approximate surface area is 158 Å². The molecule has 0 aliphatic carbocycles. The van der Waals surface area contributed by atoms with E-state index in [1.54, 1.807) is 0 Å². The zero-order valence-corrected chi connectivity index (χ0v) is 14.2. The maximum absolute atomic E-state index is 12.6. The summed E-state index contributed by atoms with van der Waals surface area (Å²) in [5, 5.41) is 1.52. The molecule has 1 aromatic heterocycles. The zero-order chi connectivity index (χ0) is 21.1. The molecule has 0 radical (unpaired) electrons. The van der Waals surface area contributed by atoms with Gasteiger partial charge in [0.25, 0.3) is 5.91 Å². The van der Waals surface area contributed by atoms with Crippen LogP contribution in [0.4, 0.5) is 32.2 Å². The number of pyridine rings is 1. The smallest absolute Gasteiger partial charge is 0.417 e. The van der Waals surface area contributed by atoms with Crippen molar-refractivity contribution in [2.75, 3.05) is 11.9 Å². The summed E-state index contributed by atoms with van der Waals surface area (Å²) in [6.07, 6.45) is -8.91. The van der Waals surface area contributed by atoms with Gasteiger partial charge in [-0.1, -0.05) is 17.7 Å². The Kier molecular flexibility index (Phi) is 6.17. The van der Waals surface area contributed by atoms with Gasteiger partial charge in [-0.15, -0.1) is 0 Å². The van der Waals surface area contributed by atoms with Gasteiger partial charge in [0.05, 0.1) is 21.7 Å². The number of carbonyl (C=O) groups is 2. The highest BCUT2D eigenvalue weighted by Crippen LogP contribution is 2.32. The van der Waals surface area contributed by atoms with Crippen LogP contribution in [0.3, 0.4) is 0 Å². The molecule has 2 aromatic rings. The van der Waals surface area contributed by atoms with E-state index < -0.39 is 58.4 Å². The van der Waals surface area contributed by atoms with Crippen LogP contribution < -0.4 is 5.32 Å².